The fraction of sp³-hybridized carbons (Fsp3) is 0.217. The van der Waals surface area contributed by atoms with Gasteiger partial charge in [-0.1, -0.05) is 6.07 Å². The molecule has 5 heterocycles. The molecule has 6 rings (SSSR count). The fourth-order valence-electron chi connectivity index (χ4n) is 4.16. The summed E-state index contributed by atoms with van der Waals surface area (Å²) in [5.41, 5.74) is 6.05. The van der Waals surface area contributed by atoms with Gasteiger partial charge < -0.3 is 9.72 Å². The van der Waals surface area contributed by atoms with E-state index in [1.165, 1.54) is 12.1 Å². The lowest BCUT2D eigenvalue weighted by Gasteiger charge is -2.24. The lowest BCUT2D eigenvalue weighted by molar-refractivity contribution is 0.0386. The second-order valence-corrected chi connectivity index (χ2v) is 7.98. The van der Waals surface area contributed by atoms with Crippen molar-refractivity contribution in [2.45, 2.75) is 19.6 Å². The van der Waals surface area contributed by atoms with Crippen LogP contribution in [0.3, 0.4) is 0 Å². The quantitative estimate of drug-likeness (QED) is 0.472. The highest BCUT2D eigenvalue weighted by molar-refractivity contribution is 5.83. The number of aromatic amines is 1. The number of hydrogen-bond acceptors (Lipinski definition) is 5. The van der Waals surface area contributed by atoms with Crippen molar-refractivity contribution in [3.05, 3.63) is 71.6 Å². The van der Waals surface area contributed by atoms with Gasteiger partial charge in [0.05, 0.1) is 41.8 Å². The molecule has 0 amide bonds. The molecule has 0 fully saturated rings. The molecule has 1 aliphatic rings. The first kappa shape index (κ1) is 18.9. The monoisotopic (exact) mass is 429 g/mol. The van der Waals surface area contributed by atoms with Gasteiger partial charge in [-0.2, -0.15) is 5.10 Å². The van der Waals surface area contributed by atoms with Gasteiger partial charge in [0.15, 0.2) is 11.6 Å². The van der Waals surface area contributed by atoms with E-state index in [-0.39, 0.29) is 11.9 Å². The lowest BCUT2D eigenvalue weighted by atomic mass is 10.0. The topological polar surface area (TPSA) is 86.4 Å². The minimum Gasteiger partial charge on any atom is -0.364 e. The minimum absolute atomic E-state index is 0.263. The van der Waals surface area contributed by atoms with Crippen molar-refractivity contribution in [1.82, 2.24) is 34.5 Å². The van der Waals surface area contributed by atoms with Crippen LogP contribution in [0.25, 0.3) is 33.8 Å². The summed E-state index contributed by atoms with van der Waals surface area (Å²) in [5, 5.41) is 8.92. The van der Waals surface area contributed by atoms with E-state index in [0.717, 1.165) is 39.1 Å². The van der Waals surface area contributed by atoms with Crippen LogP contribution in [0, 0.1) is 12.7 Å². The van der Waals surface area contributed by atoms with Crippen molar-refractivity contribution in [1.29, 1.82) is 0 Å². The van der Waals surface area contributed by atoms with Crippen LogP contribution in [0.2, 0.25) is 0 Å². The van der Waals surface area contributed by atoms with E-state index in [2.05, 4.69) is 10.1 Å². The SMILES string of the molecule is Cc1cc(F)ccc1C1OCCn2nc(-c3cc4nc(-c5cnn(C)c5)ccc4[nH]3)nc21. The highest BCUT2D eigenvalue weighted by Gasteiger charge is 2.28. The first-order valence-electron chi connectivity index (χ1n) is 10.4. The van der Waals surface area contributed by atoms with Crippen LogP contribution in [0.4, 0.5) is 4.39 Å². The Balaban J connectivity index is 1.39. The molecule has 1 aliphatic heterocycles. The summed E-state index contributed by atoms with van der Waals surface area (Å²) in [6, 6.07) is 10.6. The summed E-state index contributed by atoms with van der Waals surface area (Å²) in [4.78, 5) is 12.9. The largest absolute Gasteiger partial charge is 0.364 e. The van der Waals surface area contributed by atoms with E-state index in [1.54, 1.807) is 16.9 Å². The number of nitrogens with one attached hydrogen (secondary N) is 1. The van der Waals surface area contributed by atoms with E-state index < -0.39 is 0 Å². The van der Waals surface area contributed by atoms with Gasteiger partial charge in [0.2, 0.25) is 0 Å². The van der Waals surface area contributed by atoms with Gasteiger partial charge in [-0.15, -0.1) is 5.10 Å². The zero-order valence-corrected chi connectivity index (χ0v) is 17.6. The molecule has 5 aromatic rings. The van der Waals surface area contributed by atoms with Crippen molar-refractivity contribution in [3.63, 3.8) is 0 Å². The molecule has 1 atom stereocenters. The Morgan fingerprint density at radius 1 is 1.16 bits per heavy atom. The van der Waals surface area contributed by atoms with Gasteiger partial charge in [0.25, 0.3) is 0 Å². The van der Waals surface area contributed by atoms with Gasteiger partial charge in [-0.3, -0.25) is 4.68 Å². The van der Waals surface area contributed by atoms with E-state index in [1.807, 2.05) is 43.0 Å². The Morgan fingerprint density at radius 2 is 2.06 bits per heavy atom. The predicted molar refractivity (Wildman–Crippen MR) is 116 cm³/mol. The molecule has 160 valence electrons. The van der Waals surface area contributed by atoms with E-state index in [4.69, 9.17) is 19.8 Å². The number of rotatable bonds is 3. The number of hydrogen-bond donors (Lipinski definition) is 1. The molecule has 0 aliphatic carbocycles. The summed E-state index contributed by atoms with van der Waals surface area (Å²) < 4.78 is 23.2. The van der Waals surface area contributed by atoms with Crippen molar-refractivity contribution in [2.24, 2.45) is 7.05 Å². The normalized spacial score (nSPS) is 15.9. The van der Waals surface area contributed by atoms with E-state index in [9.17, 15) is 4.39 Å². The lowest BCUT2D eigenvalue weighted by Crippen LogP contribution is -2.24. The van der Waals surface area contributed by atoms with Gasteiger partial charge >= 0.3 is 0 Å². The Labute approximate surface area is 182 Å². The Bertz CT molecular complexity index is 1460. The van der Waals surface area contributed by atoms with Crippen LogP contribution in [0.15, 0.2) is 48.8 Å². The third-order valence-electron chi connectivity index (χ3n) is 5.75. The maximum atomic E-state index is 13.6. The van der Waals surface area contributed by atoms with Crippen LogP contribution >= 0.6 is 0 Å². The Morgan fingerprint density at radius 3 is 2.88 bits per heavy atom. The zero-order valence-electron chi connectivity index (χ0n) is 17.6. The molecule has 1 N–H and O–H groups in total. The van der Waals surface area contributed by atoms with Crippen LogP contribution in [-0.4, -0.2) is 41.1 Å². The van der Waals surface area contributed by atoms with Gasteiger partial charge in [0.1, 0.15) is 11.9 Å². The van der Waals surface area contributed by atoms with Gasteiger partial charge in [-0.25, -0.2) is 19.0 Å². The molecule has 0 radical (unpaired) electrons. The molecular weight excluding hydrogens is 409 g/mol. The number of ether oxygens (including phenoxy) is 1. The Hall–Kier alpha value is -3.85. The highest BCUT2D eigenvalue weighted by atomic mass is 19.1. The van der Waals surface area contributed by atoms with E-state index in [0.29, 0.717) is 24.8 Å². The Kier molecular flexibility index (Phi) is 4.19. The number of aryl methyl sites for hydroxylation is 2. The number of pyridine rings is 1. The van der Waals surface area contributed by atoms with Crippen LogP contribution < -0.4 is 0 Å². The molecule has 8 nitrogen and oxygen atoms in total. The number of H-pyrrole nitrogens is 1. The average molecular weight is 429 g/mol. The molecule has 9 heteroatoms. The first-order valence-corrected chi connectivity index (χ1v) is 10.4. The van der Waals surface area contributed by atoms with Crippen molar-refractivity contribution >= 4 is 11.0 Å². The van der Waals surface area contributed by atoms with Crippen LogP contribution in [0.1, 0.15) is 23.1 Å². The average Bonchev–Trinajstić information content (AvgIpc) is 3.50. The third-order valence-corrected chi connectivity index (χ3v) is 5.75. The first-order chi connectivity index (χ1) is 15.5. The van der Waals surface area contributed by atoms with E-state index >= 15 is 0 Å². The maximum Gasteiger partial charge on any atom is 0.198 e. The van der Waals surface area contributed by atoms with Crippen molar-refractivity contribution < 1.29 is 9.13 Å². The number of benzene rings is 1. The molecule has 0 bridgehead atoms. The van der Waals surface area contributed by atoms with Crippen molar-refractivity contribution in [3.8, 4) is 22.8 Å². The molecule has 1 aromatic carbocycles. The molecule has 32 heavy (non-hydrogen) atoms. The smallest absolute Gasteiger partial charge is 0.198 e. The number of halogens is 1. The second kappa shape index (κ2) is 7.10. The van der Waals surface area contributed by atoms with Gasteiger partial charge in [0, 0.05) is 18.8 Å². The minimum atomic E-state index is -0.384. The summed E-state index contributed by atoms with van der Waals surface area (Å²) in [5.74, 6) is 1.03. The maximum absolute atomic E-state index is 13.6. The number of fused-ring (bicyclic) bond motifs is 2. The molecule has 0 saturated carbocycles. The van der Waals surface area contributed by atoms with Crippen LogP contribution in [-0.2, 0) is 18.3 Å². The summed E-state index contributed by atoms with van der Waals surface area (Å²) in [7, 11) is 1.88. The molecule has 4 aromatic heterocycles. The third kappa shape index (κ3) is 3.09. The van der Waals surface area contributed by atoms with Crippen molar-refractivity contribution in [2.75, 3.05) is 6.61 Å². The highest BCUT2D eigenvalue weighted by Crippen LogP contribution is 2.32. The number of nitrogens with zero attached hydrogens (tertiary/aromatic N) is 6. The summed E-state index contributed by atoms with van der Waals surface area (Å²) in [6.45, 7) is 3.00. The zero-order chi connectivity index (χ0) is 21.8. The van der Waals surface area contributed by atoms with Gasteiger partial charge in [-0.05, 0) is 48.4 Å². The summed E-state index contributed by atoms with van der Waals surface area (Å²) in [6.07, 6.45) is 3.35. The molecule has 1 unspecified atom stereocenters. The fourth-order valence-corrected chi connectivity index (χ4v) is 4.16. The molecular formula is C23H20FN7O. The predicted octanol–water partition coefficient (Wildman–Crippen LogP) is 3.79. The summed E-state index contributed by atoms with van der Waals surface area (Å²) >= 11 is 0. The molecule has 0 saturated heterocycles. The second-order valence-electron chi connectivity index (χ2n) is 7.98. The standard InChI is InChI=1S/C23H20FN7O/c1-13-9-15(24)3-4-16(13)21-23-28-22(29-31(23)7-8-32-21)20-10-19-18(27-20)6-5-17(26-19)14-11-25-30(2)12-14/h3-6,9-12,21,27H,7-8H2,1-2H3. The number of aromatic nitrogens is 7. The molecule has 0 spiro atoms. The van der Waals surface area contributed by atoms with Crippen LogP contribution in [0.5, 0.6) is 0 Å².